The fourth-order valence-electron chi connectivity index (χ4n) is 1.97. The van der Waals surface area contributed by atoms with Crippen LogP contribution >= 0.6 is 11.8 Å². The minimum atomic E-state index is 0.424. The summed E-state index contributed by atoms with van der Waals surface area (Å²) in [5.41, 5.74) is 1.35. The van der Waals surface area contributed by atoms with Crippen LogP contribution in [-0.2, 0) is 6.54 Å². The van der Waals surface area contributed by atoms with Crippen molar-refractivity contribution in [3.63, 3.8) is 0 Å². The minimum Gasteiger partial charge on any atom is -0.310 e. The Balaban J connectivity index is 1.81. The van der Waals surface area contributed by atoms with E-state index in [-0.39, 0.29) is 0 Å². The van der Waals surface area contributed by atoms with Crippen molar-refractivity contribution in [1.29, 1.82) is 0 Å². The van der Waals surface area contributed by atoms with Crippen LogP contribution in [0.5, 0.6) is 0 Å². The molecule has 1 aromatic heterocycles. The van der Waals surface area contributed by atoms with Crippen molar-refractivity contribution in [1.82, 2.24) is 15.1 Å². The molecule has 0 spiro atoms. The molecule has 1 unspecified atom stereocenters. The Hall–Kier alpha value is -1.26. The average molecular weight is 275 g/mol. The van der Waals surface area contributed by atoms with Crippen molar-refractivity contribution < 1.29 is 0 Å². The zero-order valence-electron chi connectivity index (χ0n) is 11.5. The van der Waals surface area contributed by atoms with Crippen LogP contribution in [0.2, 0.25) is 0 Å². The molecule has 0 amide bonds. The lowest BCUT2D eigenvalue weighted by Crippen LogP contribution is -2.17. The lowest BCUT2D eigenvalue weighted by atomic mass is 10.1. The molecule has 1 heterocycles. The van der Waals surface area contributed by atoms with Gasteiger partial charge in [-0.25, -0.2) is 0 Å². The Bertz CT molecular complexity index is 465. The molecule has 1 N–H and O–H groups in total. The molecule has 0 fully saturated rings. The lowest BCUT2D eigenvalue weighted by molar-refractivity contribution is 0.598. The Morgan fingerprint density at radius 1 is 1.32 bits per heavy atom. The van der Waals surface area contributed by atoms with E-state index in [1.54, 1.807) is 0 Å². The first kappa shape index (κ1) is 14.2. The molecular formula is C15H21N3S. The van der Waals surface area contributed by atoms with Gasteiger partial charge in [0.2, 0.25) is 0 Å². The van der Waals surface area contributed by atoms with E-state index in [0.29, 0.717) is 6.04 Å². The number of aromatic nitrogens is 2. The van der Waals surface area contributed by atoms with Gasteiger partial charge in [-0.05, 0) is 37.2 Å². The van der Waals surface area contributed by atoms with Gasteiger partial charge in [-0.1, -0.05) is 19.1 Å². The van der Waals surface area contributed by atoms with Gasteiger partial charge in [-0.2, -0.15) is 5.10 Å². The summed E-state index contributed by atoms with van der Waals surface area (Å²) in [6, 6.07) is 11.2. The van der Waals surface area contributed by atoms with E-state index in [0.717, 1.165) is 18.8 Å². The van der Waals surface area contributed by atoms with Crippen LogP contribution in [0.3, 0.4) is 0 Å². The third kappa shape index (κ3) is 4.40. The van der Waals surface area contributed by atoms with E-state index in [9.17, 15) is 0 Å². The second kappa shape index (κ2) is 7.36. The molecule has 102 valence electrons. The molecule has 0 aliphatic heterocycles. The smallest absolute Gasteiger partial charge is 0.0503 e. The molecule has 1 atom stereocenters. The maximum Gasteiger partial charge on any atom is 0.0503 e. The van der Waals surface area contributed by atoms with E-state index >= 15 is 0 Å². The summed E-state index contributed by atoms with van der Waals surface area (Å²) in [6.45, 7) is 6.29. The molecule has 1 aromatic carbocycles. The SMILES string of the molecule is CCNC(C)c1ccc(SCCn2cccn2)cc1. The van der Waals surface area contributed by atoms with Gasteiger partial charge in [0.1, 0.15) is 0 Å². The second-order valence-corrected chi connectivity index (χ2v) is 5.63. The fraction of sp³-hybridized carbons (Fsp3) is 0.400. The number of hydrogen-bond acceptors (Lipinski definition) is 3. The predicted octanol–water partition coefficient (Wildman–Crippen LogP) is 3.35. The van der Waals surface area contributed by atoms with Crippen molar-refractivity contribution >= 4 is 11.8 Å². The zero-order valence-corrected chi connectivity index (χ0v) is 12.4. The summed E-state index contributed by atoms with van der Waals surface area (Å²) in [6.07, 6.45) is 3.82. The normalized spacial score (nSPS) is 12.5. The maximum absolute atomic E-state index is 4.20. The summed E-state index contributed by atoms with van der Waals surface area (Å²) in [7, 11) is 0. The largest absolute Gasteiger partial charge is 0.310 e. The average Bonchev–Trinajstić information content (AvgIpc) is 2.93. The number of nitrogens with one attached hydrogen (secondary N) is 1. The molecule has 4 heteroatoms. The fourth-order valence-corrected chi connectivity index (χ4v) is 2.81. The van der Waals surface area contributed by atoms with Crippen LogP contribution in [0.4, 0.5) is 0 Å². The Kier molecular flexibility index (Phi) is 5.48. The molecule has 2 aromatic rings. The van der Waals surface area contributed by atoms with Gasteiger partial charge >= 0.3 is 0 Å². The second-order valence-electron chi connectivity index (χ2n) is 4.47. The lowest BCUT2D eigenvalue weighted by Gasteiger charge is -2.13. The highest BCUT2D eigenvalue weighted by atomic mass is 32.2. The van der Waals surface area contributed by atoms with Gasteiger partial charge in [-0.3, -0.25) is 4.68 Å². The number of benzene rings is 1. The predicted molar refractivity (Wildman–Crippen MR) is 81.5 cm³/mol. The van der Waals surface area contributed by atoms with Crippen molar-refractivity contribution in [2.24, 2.45) is 0 Å². The summed E-state index contributed by atoms with van der Waals surface area (Å²) < 4.78 is 1.97. The number of thioether (sulfide) groups is 1. The van der Waals surface area contributed by atoms with Crippen LogP contribution in [0.25, 0.3) is 0 Å². The molecular weight excluding hydrogens is 254 g/mol. The highest BCUT2D eigenvalue weighted by molar-refractivity contribution is 7.99. The van der Waals surface area contributed by atoms with E-state index in [1.807, 2.05) is 34.9 Å². The first-order valence-corrected chi connectivity index (χ1v) is 7.71. The summed E-state index contributed by atoms with van der Waals surface area (Å²) >= 11 is 1.87. The molecule has 0 bridgehead atoms. The highest BCUT2D eigenvalue weighted by Crippen LogP contribution is 2.21. The monoisotopic (exact) mass is 275 g/mol. The molecule has 0 radical (unpaired) electrons. The van der Waals surface area contributed by atoms with Gasteiger partial charge < -0.3 is 5.32 Å². The van der Waals surface area contributed by atoms with E-state index in [2.05, 4.69) is 48.5 Å². The number of aryl methyl sites for hydroxylation is 1. The van der Waals surface area contributed by atoms with E-state index in [1.165, 1.54) is 10.5 Å². The molecule has 0 aliphatic rings. The van der Waals surface area contributed by atoms with E-state index < -0.39 is 0 Å². The Morgan fingerprint density at radius 3 is 2.74 bits per heavy atom. The van der Waals surface area contributed by atoms with Gasteiger partial charge in [0.05, 0.1) is 6.54 Å². The topological polar surface area (TPSA) is 29.9 Å². The first-order chi connectivity index (χ1) is 9.29. The van der Waals surface area contributed by atoms with Gasteiger partial charge in [-0.15, -0.1) is 11.8 Å². The summed E-state index contributed by atoms with van der Waals surface area (Å²) in [5, 5.41) is 7.62. The van der Waals surface area contributed by atoms with Crippen molar-refractivity contribution in [3.05, 3.63) is 48.3 Å². The van der Waals surface area contributed by atoms with Crippen molar-refractivity contribution in [2.45, 2.75) is 31.3 Å². The maximum atomic E-state index is 4.20. The summed E-state index contributed by atoms with van der Waals surface area (Å²) in [4.78, 5) is 1.32. The molecule has 19 heavy (non-hydrogen) atoms. The van der Waals surface area contributed by atoms with Gasteiger partial charge in [0, 0.05) is 29.1 Å². The first-order valence-electron chi connectivity index (χ1n) is 6.73. The molecule has 2 rings (SSSR count). The Morgan fingerprint density at radius 2 is 2.11 bits per heavy atom. The molecule has 0 aliphatic carbocycles. The standard InChI is InChI=1S/C15H21N3S/c1-3-16-13(2)14-5-7-15(8-6-14)19-12-11-18-10-4-9-17-18/h4-10,13,16H,3,11-12H2,1-2H3. The Labute approximate surface area is 119 Å². The quantitative estimate of drug-likeness (QED) is 0.786. The van der Waals surface area contributed by atoms with E-state index in [4.69, 9.17) is 0 Å². The number of rotatable bonds is 7. The van der Waals surface area contributed by atoms with Crippen molar-refractivity contribution in [3.8, 4) is 0 Å². The summed E-state index contributed by atoms with van der Waals surface area (Å²) in [5.74, 6) is 1.05. The van der Waals surface area contributed by atoms with Crippen LogP contribution < -0.4 is 5.32 Å². The van der Waals surface area contributed by atoms with Crippen LogP contribution in [0.1, 0.15) is 25.5 Å². The number of nitrogens with zero attached hydrogens (tertiary/aromatic N) is 2. The third-order valence-corrected chi connectivity index (χ3v) is 4.03. The number of hydrogen-bond donors (Lipinski definition) is 1. The van der Waals surface area contributed by atoms with Crippen LogP contribution in [-0.4, -0.2) is 22.1 Å². The molecule has 0 saturated heterocycles. The minimum absolute atomic E-state index is 0.424. The zero-order chi connectivity index (χ0) is 13.5. The van der Waals surface area contributed by atoms with Crippen LogP contribution in [0.15, 0.2) is 47.6 Å². The highest BCUT2D eigenvalue weighted by Gasteiger charge is 2.03. The van der Waals surface area contributed by atoms with Gasteiger partial charge in [0.15, 0.2) is 0 Å². The molecule has 3 nitrogen and oxygen atoms in total. The van der Waals surface area contributed by atoms with Gasteiger partial charge in [0.25, 0.3) is 0 Å². The van der Waals surface area contributed by atoms with Crippen LogP contribution in [0, 0.1) is 0 Å². The molecule has 0 saturated carbocycles. The third-order valence-electron chi connectivity index (χ3n) is 3.04. The van der Waals surface area contributed by atoms with Crippen molar-refractivity contribution in [2.75, 3.05) is 12.3 Å².